The van der Waals surface area contributed by atoms with Crippen LogP contribution in [0.5, 0.6) is 5.75 Å². The third kappa shape index (κ3) is 5.37. The molecule has 0 unspecified atom stereocenters. The molecule has 0 spiro atoms. The average molecular weight is 498 g/mol. The first-order valence-electron chi connectivity index (χ1n) is 12.5. The van der Waals surface area contributed by atoms with E-state index in [0.717, 1.165) is 38.0 Å². The molecule has 1 aromatic heterocycles. The standard InChI is InChI=1S/C27H33F2N5O2/c1-20(2)32-9-11-33(12-10-32)22-4-6-23(7-5-22)35-15-24-14-27(17-36-24,16-34-19-30-18-31-34)25-8-3-21(28)13-26(25)29/h3-8,13,18-20,24H,9-12,14-17H2,1-2H3/t24-,27+/m0/s1. The van der Waals surface area contributed by atoms with Gasteiger partial charge in [-0.1, -0.05) is 6.07 Å². The summed E-state index contributed by atoms with van der Waals surface area (Å²) in [6, 6.07) is 12.5. The van der Waals surface area contributed by atoms with Crippen molar-refractivity contribution in [2.45, 2.75) is 44.4 Å². The van der Waals surface area contributed by atoms with Crippen LogP contribution in [0.1, 0.15) is 25.8 Å². The number of rotatable bonds is 8. The minimum atomic E-state index is -0.693. The topological polar surface area (TPSA) is 55.7 Å². The third-order valence-corrected chi connectivity index (χ3v) is 7.33. The van der Waals surface area contributed by atoms with Gasteiger partial charge >= 0.3 is 0 Å². The molecular formula is C27H33F2N5O2. The fourth-order valence-corrected chi connectivity index (χ4v) is 5.30. The minimum absolute atomic E-state index is 0.234. The Morgan fingerprint density at radius 1 is 1.08 bits per heavy atom. The predicted octanol–water partition coefficient (Wildman–Crippen LogP) is 3.89. The zero-order valence-electron chi connectivity index (χ0n) is 20.8. The van der Waals surface area contributed by atoms with Crippen LogP contribution in [0.2, 0.25) is 0 Å². The first kappa shape index (κ1) is 24.6. The van der Waals surface area contributed by atoms with Crippen molar-refractivity contribution in [1.82, 2.24) is 19.7 Å². The normalized spacial score (nSPS) is 22.9. The van der Waals surface area contributed by atoms with Gasteiger partial charge in [0.1, 0.15) is 36.6 Å². The molecule has 192 valence electrons. The lowest BCUT2D eigenvalue weighted by Gasteiger charge is -2.38. The van der Waals surface area contributed by atoms with Gasteiger partial charge in [0, 0.05) is 49.4 Å². The molecule has 3 aromatic rings. The van der Waals surface area contributed by atoms with Crippen LogP contribution in [0.25, 0.3) is 0 Å². The third-order valence-electron chi connectivity index (χ3n) is 7.33. The molecule has 0 aliphatic carbocycles. The maximum absolute atomic E-state index is 14.8. The molecule has 2 aliphatic rings. The van der Waals surface area contributed by atoms with Crippen LogP contribution in [0, 0.1) is 11.6 Å². The second kappa shape index (κ2) is 10.5. The molecule has 0 N–H and O–H groups in total. The van der Waals surface area contributed by atoms with Gasteiger partial charge in [0.05, 0.1) is 19.3 Å². The Morgan fingerprint density at radius 3 is 2.53 bits per heavy atom. The fraction of sp³-hybridized carbons (Fsp3) is 0.481. The average Bonchev–Trinajstić information content (AvgIpc) is 3.54. The lowest BCUT2D eigenvalue weighted by Crippen LogP contribution is -2.48. The van der Waals surface area contributed by atoms with Gasteiger partial charge < -0.3 is 14.4 Å². The monoisotopic (exact) mass is 497 g/mol. The van der Waals surface area contributed by atoms with Crippen molar-refractivity contribution in [3.8, 4) is 5.75 Å². The van der Waals surface area contributed by atoms with Crippen molar-refractivity contribution >= 4 is 5.69 Å². The van der Waals surface area contributed by atoms with Crippen LogP contribution in [0.3, 0.4) is 0 Å². The number of ether oxygens (including phenoxy) is 2. The Labute approximate surface area is 210 Å². The second-order valence-electron chi connectivity index (χ2n) is 10.1. The van der Waals surface area contributed by atoms with E-state index >= 15 is 0 Å². The number of benzene rings is 2. The van der Waals surface area contributed by atoms with Crippen LogP contribution >= 0.6 is 0 Å². The van der Waals surface area contributed by atoms with Crippen molar-refractivity contribution in [3.05, 3.63) is 72.3 Å². The maximum atomic E-state index is 14.8. The van der Waals surface area contributed by atoms with Crippen molar-refractivity contribution in [2.24, 2.45) is 0 Å². The Hall–Kier alpha value is -3.04. The van der Waals surface area contributed by atoms with Gasteiger partial charge in [0.15, 0.2) is 0 Å². The Balaban J connectivity index is 1.21. The van der Waals surface area contributed by atoms with Crippen LogP contribution in [-0.2, 0) is 16.7 Å². The first-order valence-corrected chi connectivity index (χ1v) is 12.5. The molecule has 0 bridgehead atoms. The molecule has 0 saturated carbocycles. The number of anilines is 1. The quantitative estimate of drug-likeness (QED) is 0.471. The highest BCUT2D eigenvalue weighted by Gasteiger charge is 2.44. The van der Waals surface area contributed by atoms with E-state index in [9.17, 15) is 8.78 Å². The first-order chi connectivity index (χ1) is 17.4. The molecule has 3 heterocycles. The highest BCUT2D eigenvalue weighted by atomic mass is 19.1. The van der Waals surface area contributed by atoms with Crippen LogP contribution in [0.4, 0.5) is 14.5 Å². The summed E-state index contributed by atoms with van der Waals surface area (Å²) >= 11 is 0. The number of aromatic nitrogens is 3. The van der Waals surface area contributed by atoms with E-state index in [1.807, 2.05) is 12.1 Å². The second-order valence-corrected chi connectivity index (χ2v) is 10.1. The van der Waals surface area contributed by atoms with Gasteiger partial charge in [0.2, 0.25) is 0 Å². The lowest BCUT2D eigenvalue weighted by molar-refractivity contribution is 0.0634. The largest absolute Gasteiger partial charge is 0.491 e. The van der Waals surface area contributed by atoms with Crippen LogP contribution < -0.4 is 9.64 Å². The van der Waals surface area contributed by atoms with Gasteiger partial charge in [-0.15, -0.1) is 0 Å². The summed E-state index contributed by atoms with van der Waals surface area (Å²) in [5.74, 6) is -0.411. The Bertz CT molecular complexity index is 1130. The van der Waals surface area contributed by atoms with E-state index in [1.165, 1.54) is 24.1 Å². The molecule has 2 saturated heterocycles. The van der Waals surface area contributed by atoms with E-state index in [4.69, 9.17) is 9.47 Å². The summed E-state index contributed by atoms with van der Waals surface area (Å²) in [5.41, 5.74) is 0.923. The summed E-state index contributed by atoms with van der Waals surface area (Å²) in [7, 11) is 0. The molecule has 0 amide bonds. The van der Waals surface area contributed by atoms with Crippen molar-refractivity contribution in [1.29, 1.82) is 0 Å². The van der Waals surface area contributed by atoms with Gasteiger partial charge in [0.25, 0.3) is 0 Å². The predicted molar refractivity (Wildman–Crippen MR) is 133 cm³/mol. The van der Waals surface area contributed by atoms with Gasteiger partial charge in [-0.2, -0.15) is 5.10 Å². The van der Waals surface area contributed by atoms with Gasteiger partial charge in [-0.05, 0) is 56.2 Å². The summed E-state index contributed by atoms with van der Waals surface area (Å²) in [6.45, 7) is 9.66. The number of piperazine rings is 1. The highest BCUT2D eigenvalue weighted by Crippen LogP contribution is 2.39. The van der Waals surface area contributed by atoms with Crippen molar-refractivity contribution in [3.63, 3.8) is 0 Å². The Kier molecular flexibility index (Phi) is 7.20. The molecule has 5 rings (SSSR count). The number of halogens is 2. The maximum Gasteiger partial charge on any atom is 0.137 e. The smallest absolute Gasteiger partial charge is 0.137 e. The molecule has 2 aliphatic heterocycles. The SMILES string of the molecule is CC(C)N1CCN(c2ccc(OC[C@@H]3C[C@](Cn4cncn4)(c4ccc(F)cc4F)CO3)cc2)CC1. The van der Waals surface area contributed by atoms with Crippen molar-refractivity contribution < 1.29 is 18.3 Å². The Morgan fingerprint density at radius 2 is 1.86 bits per heavy atom. The van der Waals surface area contributed by atoms with E-state index in [2.05, 4.69) is 45.9 Å². The van der Waals surface area contributed by atoms with E-state index in [-0.39, 0.29) is 12.7 Å². The number of hydrogen-bond acceptors (Lipinski definition) is 6. The minimum Gasteiger partial charge on any atom is -0.491 e. The molecule has 2 aromatic carbocycles. The molecule has 2 atom stereocenters. The number of hydrogen-bond donors (Lipinski definition) is 0. The van der Waals surface area contributed by atoms with E-state index in [0.29, 0.717) is 31.2 Å². The summed E-state index contributed by atoms with van der Waals surface area (Å²) in [6.07, 6.45) is 3.32. The zero-order chi connectivity index (χ0) is 25.1. The summed E-state index contributed by atoms with van der Waals surface area (Å²) in [4.78, 5) is 8.90. The molecule has 36 heavy (non-hydrogen) atoms. The highest BCUT2D eigenvalue weighted by molar-refractivity contribution is 5.49. The molecule has 9 heteroatoms. The van der Waals surface area contributed by atoms with Crippen LogP contribution in [0.15, 0.2) is 55.1 Å². The van der Waals surface area contributed by atoms with Crippen LogP contribution in [-0.4, -0.2) is 71.2 Å². The van der Waals surface area contributed by atoms with Gasteiger partial charge in [-0.3, -0.25) is 9.58 Å². The molecule has 2 fully saturated rings. The van der Waals surface area contributed by atoms with Gasteiger partial charge in [-0.25, -0.2) is 13.8 Å². The van der Waals surface area contributed by atoms with Crippen molar-refractivity contribution in [2.75, 3.05) is 44.3 Å². The number of nitrogens with zero attached hydrogens (tertiary/aromatic N) is 5. The summed E-state index contributed by atoms with van der Waals surface area (Å²) in [5, 5.41) is 4.19. The molecular weight excluding hydrogens is 464 g/mol. The lowest BCUT2D eigenvalue weighted by atomic mass is 9.78. The summed E-state index contributed by atoms with van der Waals surface area (Å²) < 4.78 is 42.2. The van der Waals surface area contributed by atoms with E-state index < -0.39 is 17.0 Å². The van der Waals surface area contributed by atoms with E-state index in [1.54, 1.807) is 11.0 Å². The fourth-order valence-electron chi connectivity index (χ4n) is 5.30. The molecule has 0 radical (unpaired) electrons. The molecule has 7 nitrogen and oxygen atoms in total. The zero-order valence-corrected chi connectivity index (χ0v) is 20.8.